The zero-order valence-electron chi connectivity index (χ0n) is 17.2. The second-order valence-corrected chi connectivity index (χ2v) is 9.09. The van der Waals surface area contributed by atoms with Crippen LogP contribution in [0.15, 0.2) is 47.4 Å². The molecule has 2 aromatic rings. The van der Waals surface area contributed by atoms with Crippen LogP contribution < -0.4 is 9.46 Å². The summed E-state index contributed by atoms with van der Waals surface area (Å²) in [5, 5.41) is 0. The fraction of sp³-hybridized carbons (Fsp3) is 0.409. The van der Waals surface area contributed by atoms with Crippen molar-refractivity contribution in [2.45, 2.75) is 56.6 Å². The Hall–Kier alpha value is -2.38. The molecule has 1 aliphatic heterocycles. The summed E-state index contributed by atoms with van der Waals surface area (Å²) in [7, 11) is -2.59. The number of nitrogens with one attached hydrogen (secondary N) is 1. The quantitative estimate of drug-likeness (QED) is 0.715. The molecule has 1 heterocycles. The van der Waals surface area contributed by atoms with E-state index in [2.05, 4.69) is 4.72 Å². The number of fused-ring (bicyclic) bond motifs is 1. The second-order valence-electron chi connectivity index (χ2n) is 7.38. The smallest absolute Gasteiger partial charge is 0.338 e. The molecule has 2 aromatic carbocycles. The van der Waals surface area contributed by atoms with Crippen molar-refractivity contribution in [2.24, 2.45) is 0 Å². The largest absolute Gasteiger partial charge is 0.487 e. The Morgan fingerprint density at radius 2 is 1.90 bits per heavy atom. The van der Waals surface area contributed by atoms with E-state index in [1.54, 1.807) is 13.0 Å². The van der Waals surface area contributed by atoms with Crippen molar-refractivity contribution < 1.29 is 22.7 Å². The number of sulfonamides is 1. The van der Waals surface area contributed by atoms with Crippen molar-refractivity contribution in [3.63, 3.8) is 0 Å². The Balaban J connectivity index is 1.99. The van der Waals surface area contributed by atoms with E-state index in [-0.39, 0.29) is 10.5 Å². The van der Waals surface area contributed by atoms with Crippen LogP contribution in [0.5, 0.6) is 5.75 Å². The van der Waals surface area contributed by atoms with Gasteiger partial charge in [-0.1, -0.05) is 38.1 Å². The van der Waals surface area contributed by atoms with E-state index in [1.807, 2.05) is 38.1 Å². The first kappa shape index (κ1) is 21.3. The number of carbonyl (C=O) groups is 1. The highest BCUT2D eigenvalue weighted by atomic mass is 32.2. The van der Waals surface area contributed by atoms with Crippen LogP contribution in [0, 0.1) is 6.92 Å². The van der Waals surface area contributed by atoms with Crippen molar-refractivity contribution in [3.05, 3.63) is 59.2 Å². The van der Waals surface area contributed by atoms with E-state index in [0.29, 0.717) is 17.7 Å². The third-order valence-electron chi connectivity index (χ3n) is 5.71. The molecular weight excluding hydrogens is 390 g/mol. The number of rotatable bonds is 6. The van der Waals surface area contributed by atoms with Crippen molar-refractivity contribution in [1.82, 2.24) is 4.72 Å². The molecular formula is C22H27NO5S. The Labute approximate surface area is 172 Å². The number of carbonyl (C=O) groups excluding carboxylic acids is 1. The number of aryl methyl sites for hydroxylation is 1. The van der Waals surface area contributed by atoms with Gasteiger partial charge in [0.25, 0.3) is 0 Å². The van der Waals surface area contributed by atoms with Gasteiger partial charge < -0.3 is 9.47 Å². The van der Waals surface area contributed by atoms with Crippen molar-refractivity contribution in [3.8, 4) is 5.75 Å². The molecule has 6 nitrogen and oxygen atoms in total. The first-order valence-corrected chi connectivity index (χ1v) is 11.2. The molecule has 0 radical (unpaired) electrons. The molecule has 1 atom stereocenters. The monoisotopic (exact) mass is 417 g/mol. The third kappa shape index (κ3) is 4.16. The first-order chi connectivity index (χ1) is 13.7. The molecule has 0 saturated heterocycles. The molecule has 3 rings (SSSR count). The van der Waals surface area contributed by atoms with Gasteiger partial charge in [0.05, 0.1) is 23.6 Å². The van der Waals surface area contributed by atoms with E-state index in [0.717, 1.165) is 18.4 Å². The van der Waals surface area contributed by atoms with E-state index in [9.17, 15) is 13.2 Å². The molecule has 1 N–H and O–H groups in total. The lowest BCUT2D eigenvalue weighted by molar-refractivity contribution is 0.0260. The van der Waals surface area contributed by atoms with Gasteiger partial charge in [0.15, 0.2) is 0 Å². The number of para-hydroxylation sites is 1. The SMILES string of the molecule is CCC1(CC)C[C@H](NS(=O)(=O)c2ccc(C)c(C(=O)OC)c2)c2ccccc2O1. The van der Waals surface area contributed by atoms with Gasteiger partial charge >= 0.3 is 5.97 Å². The molecule has 29 heavy (non-hydrogen) atoms. The van der Waals surface area contributed by atoms with E-state index >= 15 is 0 Å². The number of esters is 1. The van der Waals surface area contributed by atoms with Crippen LogP contribution in [0.25, 0.3) is 0 Å². The predicted molar refractivity (Wildman–Crippen MR) is 111 cm³/mol. The Bertz CT molecular complexity index is 1010. The average molecular weight is 418 g/mol. The lowest BCUT2D eigenvalue weighted by Crippen LogP contribution is -2.44. The number of methoxy groups -OCH3 is 1. The van der Waals surface area contributed by atoms with Crippen LogP contribution in [0.1, 0.15) is 60.6 Å². The Kier molecular flexibility index (Phi) is 6.00. The van der Waals surface area contributed by atoms with Gasteiger partial charge in [0.2, 0.25) is 10.0 Å². The van der Waals surface area contributed by atoms with Gasteiger partial charge in [-0.15, -0.1) is 0 Å². The zero-order chi connectivity index (χ0) is 21.2. The molecule has 0 aromatic heterocycles. The van der Waals surface area contributed by atoms with E-state index < -0.39 is 27.6 Å². The van der Waals surface area contributed by atoms with Crippen LogP contribution in [0.2, 0.25) is 0 Å². The van der Waals surface area contributed by atoms with Gasteiger partial charge in [0, 0.05) is 12.0 Å². The van der Waals surface area contributed by atoms with Crippen molar-refractivity contribution in [2.75, 3.05) is 7.11 Å². The van der Waals surface area contributed by atoms with Crippen molar-refractivity contribution in [1.29, 1.82) is 0 Å². The lowest BCUT2D eigenvalue weighted by atomic mass is 9.84. The predicted octanol–water partition coefficient (Wildman–Crippen LogP) is 4.14. The maximum Gasteiger partial charge on any atom is 0.338 e. The summed E-state index contributed by atoms with van der Waals surface area (Å²) < 4.78 is 40.2. The standard InChI is InChI=1S/C22H27NO5S/c1-5-22(6-2)14-19(17-9-7-8-10-20(17)28-22)23-29(25,26)16-12-11-15(3)18(13-16)21(24)27-4/h7-13,19,23H,5-6,14H2,1-4H3/t19-/m0/s1. The van der Waals surface area contributed by atoms with Crippen molar-refractivity contribution >= 4 is 16.0 Å². The molecule has 1 aliphatic rings. The summed E-state index contributed by atoms with van der Waals surface area (Å²) in [6.45, 7) is 5.83. The molecule has 7 heteroatoms. The summed E-state index contributed by atoms with van der Waals surface area (Å²) in [6.07, 6.45) is 2.08. The minimum absolute atomic E-state index is 0.0334. The van der Waals surface area contributed by atoms with Crippen LogP contribution in [-0.4, -0.2) is 27.1 Å². The molecule has 0 unspecified atom stereocenters. The molecule has 0 saturated carbocycles. The van der Waals surface area contributed by atoms with Gasteiger partial charge in [-0.2, -0.15) is 0 Å². The van der Waals surface area contributed by atoms with Crippen LogP contribution in [0.4, 0.5) is 0 Å². The molecule has 0 spiro atoms. The topological polar surface area (TPSA) is 81.7 Å². The average Bonchev–Trinajstić information content (AvgIpc) is 2.72. The summed E-state index contributed by atoms with van der Waals surface area (Å²) in [5.74, 6) is 0.140. The molecule has 0 aliphatic carbocycles. The summed E-state index contributed by atoms with van der Waals surface area (Å²) in [6, 6.07) is 11.6. The highest BCUT2D eigenvalue weighted by Crippen LogP contribution is 2.43. The number of hydrogen-bond donors (Lipinski definition) is 1. The summed E-state index contributed by atoms with van der Waals surface area (Å²) in [4.78, 5) is 12.0. The molecule has 156 valence electrons. The fourth-order valence-corrected chi connectivity index (χ4v) is 5.00. The molecule has 0 fully saturated rings. The molecule has 0 amide bonds. The van der Waals surface area contributed by atoms with Crippen LogP contribution in [0.3, 0.4) is 0 Å². The normalized spacial score (nSPS) is 17.9. The number of ether oxygens (including phenoxy) is 2. The Morgan fingerprint density at radius 1 is 1.21 bits per heavy atom. The number of hydrogen-bond acceptors (Lipinski definition) is 5. The Morgan fingerprint density at radius 3 is 2.55 bits per heavy atom. The summed E-state index contributed by atoms with van der Waals surface area (Å²) >= 11 is 0. The maximum atomic E-state index is 13.2. The molecule has 0 bridgehead atoms. The zero-order valence-corrected chi connectivity index (χ0v) is 18.0. The van der Waals surface area contributed by atoms with E-state index in [1.165, 1.54) is 19.2 Å². The van der Waals surface area contributed by atoms with Gasteiger partial charge in [-0.05, 0) is 43.5 Å². The maximum absolute atomic E-state index is 13.2. The minimum atomic E-state index is -3.86. The second kappa shape index (κ2) is 8.16. The minimum Gasteiger partial charge on any atom is -0.487 e. The fourth-order valence-electron chi connectivity index (χ4n) is 3.76. The van der Waals surface area contributed by atoms with Crippen LogP contribution >= 0.6 is 0 Å². The van der Waals surface area contributed by atoms with Gasteiger partial charge in [-0.3, -0.25) is 0 Å². The van der Waals surface area contributed by atoms with E-state index in [4.69, 9.17) is 9.47 Å². The highest BCUT2D eigenvalue weighted by molar-refractivity contribution is 7.89. The first-order valence-electron chi connectivity index (χ1n) is 9.74. The summed E-state index contributed by atoms with van der Waals surface area (Å²) in [5.41, 5.74) is 1.28. The van der Waals surface area contributed by atoms with Gasteiger partial charge in [-0.25, -0.2) is 17.9 Å². The van der Waals surface area contributed by atoms with Crippen LogP contribution in [-0.2, 0) is 14.8 Å². The highest BCUT2D eigenvalue weighted by Gasteiger charge is 2.40. The number of benzene rings is 2. The third-order valence-corrected chi connectivity index (χ3v) is 7.18. The lowest BCUT2D eigenvalue weighted by Gasteiger charge is -2.41. The van der Waals surface area contributed by atoms with Gasteiger partial charge in [0.1, 0.15) is 11.4 Å².